The average molecular weight is 427 g/mol. The molecule has 0 spiro atoms. The Balaban J connectivity index is 1.98. The third-order valence-corrected chi connectivity index (χ3v) is 4.59. The molecule has 0 aromatic carbocycles. The number of fused-ring (bicyclic) bond motifs is 1. The number of carbonyl (C=O) groups is 3. The second kappa shape index (κ2) is 8.70. The molecule has 3 rings (SSSR count). The molecule has 0 N–H and O–H groups in total. The smallest absolute Gasteiger partial charge is 0.303 e. The second-order valence-electron chi connectivity index (χ2n) is 6.40. The zero-order valence-corrected chi connectivity index (χ0v) is 16.7. The van der Waals surface area contributed by atoms with E-state index in [9.17, 15) is 14.4 Å². The Kier molecular flexibility index (Phi) is 6.28. The van der Waals surface area contributed by atoms with Crippen molar-refractivity contribution in [1.82, 2.24) is 19.5 Å². The summed E-state index contributed by atoms with van der Waals surface area (Å²) >= 11 is 6.06. The van der Waals surface area contributed by atoms with Gasteiger partial charge in [-0.1, -0.05) is 11.6 Å². The van der Waals surface area contributed by atoms with Crippen LogP contribution in [0.25, 0.3) is 11.2 Å². The minimum absolute atomic E-state index is 0.0991. The summed E-state index contributed by atoms with van der Waals surface area (Å²) in [6.45, 7) is 3.57. The molecule has 12 heteroatoms. The minimum Gasteiger partial charge on any atom is -0.465 e. The summed E-state index contributed by atoms with van der Waals surface area (Å²) in [5.74, 6) is -2.16. The van der Waals surface area contributed by atoms with Crippen molar-refractivity contribution in [2.24, 2.45) is 5.92 Å². The summed E-state index contributed by atoms with van der Waals surface area (Å²) in [7, 11) is 0. The standard InChI is InChI=1S/C17H19ClN4O7/c1-8(23)26-4-11-12(5-27-9(2)24)29-17(14(11)28-10(3)25)22-7-21-13-15(18)19-6-20-16(13)22/h6-7,11-12,14,17H,4-5H2,1-3H3/t11-,12-,14-,17-/m0/s1. The van der Waals surface area contributed by atoms with Crippen LogP contribution < -0.4 is 0 Å². The van der Waals surface area contributed by atoms with Gasteiger partial charge in [0.05, 0.1) is 12.2 Å². The largest absolute Gasteiger partial charge is 0.465 e. The van der Waals surface area contributed by atoms with E-state index in [1.165, 1.54) is 33.4 Å². The zero-order chi connectivity index (χ0) is 21.1. The highest BCUT2D eigenvalue weighted by Crippen LogP contribution is 2.38. The molecule has 1 aliphatic heterocycles. The fourth-order valence-electron chi connectivity index (χ4n) is 3.13. The Hall–Kier alpha value is -2.79. The number of hydrogen-bond donors (Lipinski definition) is 0. The van der Waals surface area contributed by atoms with Gasteiger partial charge in [-0.15, -0.1) is 0 Å². The molecule has 4 atom stereocenters. The van der Waals surface area contributed by atoms with E-state index in [4.69, 9.17) is 30.5 Å². The number of rotatable bonds is 6. The van der Waals surface area contributed by atoms with Gasteiger partial charge in [-0.2, -0.15) is 0 Å². The molecule has 3 heterocycles. The van der Waals surface area contributed by atoms with Crippen LogP contribution in [0.5, 0.6) is 0 Å². The SMILES string of the molecule is CC(=O)OC[C@@H]1[C@H](OC(C)=O)[C@@H](n2cnc3c(Cl)ncnc32)O[C@H]1COC(C)=O. The molecule has 1 fully saturated rings. The number of esters is 3. The predicted molar refractivity (Wildman–Crippen MR) is 96.6 cm³/mol. The first kappa shape index (κ1) is 20.9. The highest BCUT2D eigenvalue weighted by atomic mass is 35.5. The molecule has 2 aromatic heterocycles. The van der Waals surface area contributed by atoms with E-state index < -0.39 is 42.3 Å². The van der Waals surface area contributed by atoms with E-state index in [2.05, 4.69) is 15.0 Å². The van der Waals surface area contributed by atoms with E-state index in [1.807, 2.05) is 0 Å². The van der Waals surface area contributed by atoms with Crippen LogP contribution in [0.15, 0.2) is 12.7 Å². The van der Waals surface area contributed by atoms with E-state index >= 15 is 0 Å². The number of ether oxygens (including phenoxy) is 4. The zero-order valence-electron chi connectivity index (χ0n) is 15.9. The van der Waals surface area contributed by atoms with Crippen LogP contribution in [-0.2, 0) is 33.3 Å². The summed E-state index contributed by atoms with van der Waals surface area (Å²) in [6, 6.07) is 0. The van der Waals surface area contributed by atoms with Crippen molar-refractivity contribution in [3.63, 3.8) is 0 Å². The Labute approximate surface area is 170 Å². The van der Waals surface area contributed by atoms with Crippen molar-refractivity contribution in [3.8, 4) is 0 Å². The Bertz CT molecular complexity index is 934. The number of aromatic nitrogens is 4. The molecule has 156 valence electrons. The third-order valence-electron chi connectivity index (χ3n) is 4.32. The Morgan fingerprint density at radius 3 is 2.41 bits per heavy atom. The fourth-order valence-corrected chi connectivity index (χ4v) is 3.31. The summed E-state index contributed by atoms with van der Waals surface area (Å²) in [4.78, 5) is 46.6. The first-order valence-electron chi connectivity index (χ1n) is 8.70. The molecule has 0 radical (unpaired) electrons. The van der Waals surface area contributed by atoms with E-state index in [1.54, 1.807) is 4.57 Å². The Morgan fingerprint density at radius 1 is 1.07 bits per heavy atom. The highest BCUT2D eigenvalue weighted by Gasteiger charge is 2.49. The van der Waals surface area contributed by atoms with E-state index in [-0.39, 0.29) is 18.4 Å². The van der Waals surface area contributed by atoms with Gasteiger partial charge in [-0.25, -0.2) is 15.0 Å². The molecule has 1 aliphatic rings. The number of imidazole rings is 1. The van der Waals surface area contributed by atoms with Crippen molar-refractivity contribution in [1.29, 1.82) is 0 Å². The highest BCUT2D eigenvalue weighted by molar-refractivity contribution is 6.33. The van der Waals surface area contributed by atoms with Gasteiger partial charge in [0.25, 0.3) is 0 Å². The van der Waals surface area contributed by atoms with Crippen LogP contribution in [0.3, 0.4) is 0 Å². The maximum atomic E-state index is 11.7. The molecule has 0 aliphatic carbocycles. The normalized spacial score (nSPS) is 23.7. The van der Waals surface area contributed by atoms with Crippen LogP contribution >= 0.6 is 11.6 Å². The number of nitrogens with zero attached hydrogens (tertiary/aromatic N) is 4. The minimum atomic E-state index is -0.865. The van der Waals surface area contributed by atoms with Crippen LogP contribution in [0, 0.1) is 5.92 Å². The van der Waals surface area contributed by atoms with Gasteiger partial charge in [0.1, 0.15) is 31.2 Å². The third kappa shape index (κ3) is 4.62. The first-order chi connectivity index (χ1) is 13.8. The lowest BCUT2D eigenvalue weighted by molar-refractivity contribution is -0.155. The summed E-state index contributed by atoms with van der Waals surface area (Å²) < 4.78 is 23.3. The molecule has 0 saturated carbocycles. The topological polar surface area (TPSA) is 132 Å². The summed E-state index contributed by atoms with van der Waals surface area (Å²) in [6.07, 6.45) is 0.270. The lowest BCUT2D eigenvalue weighted by Gasteiger charge is -2.23. The maximum absolute atomic E-state index is 11.7. The molecular formula is C17H19ClN4O7. The lowest BCUT2D eigenvalue weighted by Crippen LogP contribution is -2.36. The van der Waals surface area contributed by atoms with Crippen molar-refractivity contribution < 1.29 is 33.3 Å². The maximum Gasteiger partial charge on any atom is 0.303 e. The molecule has 2 aromatic rings. The second-order valence-corrected chi connectivity index (χ2v) is 6.75. The van der Waals surface area contributed by atoms with Gasteiger partial charge in [-0.3, -0.25) is 19.0 Å². The van der Waals surface area contributed by atoms with Gasteiger partial charge >= 0.3 is 17.9 Å². The number of halogens is 1. The van der Waals surface area contributed by atoms with Crippen LogP contribution in [-0.4, -0.2) is 62.8 Å². The number of hydrogen-bond acceptors (Lipinski definition) is 10. The monoisotopic (exact) mass is 426 g/mol. The van der Waals surface area contributed by atoms with E-state index in [0.717, 1.165) is 0 Å². The van der Waals surface area contributed by atoms with Crippen LogP contribution in [0.1, 0.15) is 27.0 Å². The molecule has 29 heavy (non-hydrogen) atoms. The van der Waals surface area contributed by atoms with Gasteiger partial charge in [0.15, 0.2) is 23.1 Å². The molecule has 0 unspecified atom stereocenters. The molecule has 11 nitrogen and oxygen atoms in total. The van der Waals surface area contributed by atoms with Gasteiger partial charge < -0.3 is 18.9 Å². The van der Waals surface area contributed by atoms with Crippen LogP contribution in [0.2, 0.25) is 5.15 Å². The van der Waals surface area contributed by atoms with Gasteiger partial charge in [0, 0.05) is 20.8 Å². The average Bonchev–Trinajstić information content (AvgIpc) is 3.20. The van der Waals surface area contributed by atoms with Crippen molar-refractivity contribution >= 4 is 40.7 Å². The van der Waals surface area contributed by atoms with Crippen LogP contribution in [0.4, 0.5) is 0 Å². The lowest BCUT2D eigenvalue weighted by atomic mass is 9.99. The van der Waals surface area contributed by atoms with Crippen molar-refractivity contribution in [3.05, 3.63) is 17.8 Å². The van der Waals surface area contributed by atoms with Gasteiger partial charge in [0.2, 0.25) is 0 Å². The number of carbonyl (C=O) groups excluding carboxylic acids is 3. The summed E-state index contributed by atoms with van der Waals surface area (Å²) in [5, 5.41) is 0.156. The molecule has 1 saturated heterocycles. The fraction of sp³-hybridized carbons (Fsp3) is 0.529. The quantitative estimate of drug-likeness (QED) is 0.375. The van der Waals surface area contributed by atoms with Gasteiger partial charge in [-0.05, 0) is 0 Å². The molecular weight excluding hydrogens is 408 g/mol. The van der Waals surface area contributed by atoms with E-state index in [0.29, 0.717) is 11.2 Å². The summed E-state index contributed by atoms with van der Waals surface area (Å²) in [5.41, 5.74) is 0.714. The van der Waals surface area contributed by atoms with Crippen molar-refractivity contribution in [2.45, 2.75) is 39.2 Å². The Morgan fingerprint density at radius 2 is 1.76 bits per heavy atom. The van der Waals surface area contributed by atoms with Crippen molar-refractivity contribution in [2.75, 3.05) is 13.2 Å². The first-order valence-corrected chi connectivity index (χ1v) is 9.08. The molecule has 0 bridgehead atoms. The predicted octanol–water partition coefficient (Wildman–Crippen LogP) is 1.05. The molecule has 0 amide bonds.